The number of rotatable bonds is 6. The molecule has 106 valence electrons. The van der Waals surface area contributed by atoms with Gasteiger partial charge in [-0.3, -0.25) is 0 Å². The molecule has 0 atom stereocenters. The van der Waals surface area contributed by atoms with Gasteiger partial charge < -0.3 is 19.7 Å². The average molecular weight is 264 g/mol. The fourth-order valence-corrected chi connectivity index (χ4v) is 2.61. The van der Waals surface area contributed by atoms with Crippen molar-refractivity contribution >= 4 is 5.69 Å². The molecule has 0 bridgehead atoms. The molecule has 2 rings (SSSR count). The molecule has 1 aromatic rings. The number of hydrogen-bond donors (Lipinski definition) is 1. The lowest BCUT2D eigenvalue weighted by Crippen LogP contribution is -2.19. The summed E-state index contributed by atoms with van der Waals surface area (Å²) in [5, 5.41) is 3.17. The fraction of sp³-hybridized carbons (Fsp3) is 0.600. The number of benzene rings is 1. The van der Waals surface area contributed by atoms with E-state index in [-0.39, 0.29) is 0 Å². The molecule has 19 heavy (non-hydrogen) atoms. The second-order valence-electron chi connectivity index (χ2n) is 4.88. The minimum absolute atomic E-state index is 0.933. The van der Waals surface area contributed by atoms with Crippen molar-refractivity contribution in [2.45, 2.75) is 19.3 Å². The van der Waals surface area contributed by atoms with Crippen molar-refractivity contribution in [1.82, 2.24) is 5.32 Å². The van der Waals surface area contributed by atoms with Crippen LogP contribution in [0.25, 0.3) is 0 Å². The van der Waals surface area contributed by atoms with Gasteiger partial charge in [-0.15, -0.1) is 0 Å². The third-order valence-electron chi connectivity index (χ3n) is 3.67. The van der Waals surface area contributed by atoms with Gasteiger partial charge in [0.15, 0.2) is 0 Å². The van der Waals surface area contributed by atoms with Gasteiger partial charge in [-0.1, -0.05) is 0 Å². The topological polar surface area (TPSA) is 33.7 Å². The number of ether oxygens (including phenoxy) is 2. The van der Waals surface area contributed by atoms with E-state index in [0.717, 1.165) is 43.2 Å². The Morgan fingerprint density at radius 3 is 2.37 bits per heavy atom. The Morgan fingerprint density at radius 1 is 1.11 bits per heavy atom. The lowest BCUT2D eigenvalue weighted by Gasteiger charge is -2.22. The molecule has 1 fully saturated rings. The van der Waals surface area contributed by atoms with Crippen LogP contribution in [0.15, 0.2) is 12.1 Å². The van der Waals surface area contributed by atoms with Gasteiger partial charge in [0, 0.05) is 19.2 Å². The number of anilines is 1. The van der Waals surface area contributed by atoms with Crippen molar-refractivity contribution in [2.75, 3.05) is 45.8 Å². The zero-order valence-corrected chi connectivity index (χ0v) is 12.2. The van der Waals surface area contributed by atoms with Crippen LogP contribution in [0.4, 0.5) is 5.69 Å². The number of methoxy groups -OCH3 is 2. The molecule has 1 heterocycles. The van der Waals surface area contributed by atoms with Crippen LogP contribution >= 0.6 is 0 Å². The highest BCUT2D eigenvalue weighted by Crippen LogP contribution is 2.37. The number of nitrogens with one attached hydrogen (secondary N) is 1. The van der Waals surface area contributed by atoms with Crippen LogP contribution in [0.5, 0.6) is 11.5 Å². The van der Waals surface area contributed by atoms with E-state index in [0.29, 0.717) is 0 Å². The molecule has 0 aliphatic carbocycles. The van der Waals surface area contributed by atoms with Crippen molar-refractivity contribution in [3.05, 3.63) is 17.7 Å². The van der Waals surface area contributed by atoms with Gasteiger partial charge >= 0.3 is 0 Å². The summed E-state index contributed by atoms with van der Waals surface area (Å²) in [5.41, 5.74) is 2.35. The maximum absolute atomic E-state index is 5.56. The summed E-state index contributed by atoms with van der Waals surface area (Å²) in [4.78, 5) is 2.38. The van der Waals surface area contributed by atoms with Crippen LogP contribution in [0.3, 0.4) is 0 Å². The second kappa shape index (κ2) is 6.66. The molecule has 0 saturated carbocycles. The van der Waals surface area contributed by atoms with Gasteiger partial charge in [-0.2, -0.15) is 0 Å². The monoisotopic (exact) mass is 264 g/mol. The minimum Gasteiger partial charge on any atom is -0.496 e. The standard InChI is InChI=1S/C15H24N2O2/c1-16-7-6-12-10-15(19-3)13(11-14(12)18-2)17-8-4-5-9-17/h10-11,16H,4-9H2,1-3H3. The maximum Gasteiger partial charge on any atom is 0.142 e. The first-order valence-corrected chi connectivity index (χ1v) is 6.94. The molecule has 0 aromatic heterocycles. The molecule has 0 amide bonds. The zero-order valence-electron chi connectivity index (χ0n) is 12.2. The average Bonchev–Trinajstić information content (AvgIpc) is 2.98. The quantitative estimate of drug-likeness (QED) is 0.853. The Kier molecular flexibility index (Phi) is 4.91. The predicted octanol–water partition coefficient (Wildman–Crippen LogP) is 2.07. The Morgan fingerprint density at radius 2 is 1.79 bits per heavy atom. The summed E-state index contributed by atoms with van der Waals surface area (Å²) in [6.07, 6.45) is 3.45. The molecular weight excluding hydrogens is 240 g/mol. The molecule has 1 aromatic carbocycles. The summed E-state index contributed by atoms with van der Waals surface area (Å²) in [6.45, 7) is 3.15. The third-order valence-corrected chi connectivity index (χ3v) is 3.67. The lowest BCUT2D eigenvalue weighted by atomic mass is 10.1. The van der Waals surface area contributed by atoms with Crippen molar-refractivity contribution in [1.29, 1.82) is 0 Å². The van der Waals surface area contributed by atoms with E-state index in [2.05, 4.69) is 22.3 Å². The lowest BCUT2D eigenvalue weighted by molar-refractivity contribution is 0.398. The van der Waals surface area contributed by atoms with Gasteiger partial charge in [-0.25, -0.2) is 0 Å². The van der Waals surface area contributed by atoms with E-state index in [1.54, 1.807) is 14.2 Å². The highest BCUT2D eigenvalue weighted by Gasteiger charge is 2.19. The molecule has 1 saturated heterocycles. The third kappa shape index (κ3) is 3.13. The molecule has 4 heteroatoms. The van der Waals surface area contributed by atoms with Crippen molar-refractivity contribution in [3.63, 3.8) is 0 Å². The summed E-state index contributed by atoms with van der Waals surface area (Å²) >= 11 is 0. The molecule has 0 radical (unpaired) electrons. The van der Waals surface area contributed by atoms with Crippen LogP contribution < -0.4 is 19.7 Å². The summed E-state index contributed by atoms with van der Waals surface area (Å²) in [6, 6.07) is 4.24. The molecule has 1 N–H and O–H groups in total. The molecule has 1 aliphatic rings. The van der Waals surface area contributed by atoms with E-state index in [9.17, 15) is 0 Å². The SMILES string of the molecule is CNCCc1cc(OC)c(N2CCCC2)cc1OC. The van der Waals surface area contributed by atoms with E-state index >= 15 is 0 Å². The van der Waals surface area contributed by atoms with Gasteiger partial charge in [0.2, 0.25) is 0 Å². The molecule has 0 unspecified atom stereocenters. The zero-order chi connectivity index (χ0) is 13.7. The first-order chi connectivity index (χ1) is 9.30. The summed E-state index contributed by atoms with van der Waals surface area (Å²) in [5.74, 6) is 1.91. The Balaban J connectivity index is 2.32. The number of likely N-dealkylation sites (N-methyl/N-ethyl adjacent to an activating group) is 1. The molecule has 4 nitrogen and oxygen atoms in total. The largest absolute Gasteiger partial charge is 0.496 e. The number of nitrogens with zero attached hydrogens (tertiary/aromatic N) is 1. The highest BCUT2D eigenvalue weighted by molar-refractivity contribution is 5.64. The first kappa shape index (κ1) is 14.0. The van der Waals surface area contributed by atoms with E-state index in [1.807, 2.05) is 7.05 Å². The van der Waals surface area contributed by atoms with Crippen LogP contribution in [-0.2, 0) is 6.42 Å². The Bertz CT molecular complexity index is 415. The van der Waals surface area contributed by atoms with E-state index < -0.39 is 0 Å². The van der Waals surface area contributed by atoms with Crippen LogP contribution in [0, 0.1) is 0 Å². The minimum atomic E-state index is 0.933. The maximum atomic E-state index is 5.56. The van der Waals surface area contributed by atoms with Gasteiger partial charge in [-0.05, 0) is 44.5 Å². The van der Waals surface area contributed by atoms with Crippen LogP contribution in [0.1, 0.15) is 18.4 Å². The van der Waals surface area contributed by atoms with Crippen molar-refractivity contribution in [3.8, 4) is 11.5 Å². The van der Waals surface area contributed by atoms with Gasteiger partial charge in [0.1, 0.15) is 11.5 Å². The fourth-order valence-electron chi connectivity index (χ4n) is 2.61. The van der Waals surface area contributed by atoms with Crippen molar-refractivity contribution < 1.29 is 9.47 Å². The first-order valence-electron chi connectivity index (χ1n) is 6.94. The van der Waals surface area contributed by atoms with E-state index in [1.165, 1.54) is 18.4 Å². The smallest absolute Gasteiger partial charge is 0.142 e. The number of hydrogen-bond acceptors (Lipinski definition) is 4. The Hall–Kier alpha value is -1.42. The normalized spacial score (nSPS) is 14.8. The molecular formula is C15H24N2O2. The Labute approximate surface area is 115 Å². The predicted molar refractivity (Wildman–Crippen MR) is 78.6 cm³/mol. The van der Waals surface area contributed by atoms with E-state index in [4.69, 9.17) is 9.47 Å². The molecule has 0 spiro atoms. The van der Waals surface area contributed by atoms with Crippen molar-refractivity contribution in [2.24, 2.45) is 0 Å². The second-order valence-corrected chi connectivity index (χ2v) is 4.88. The van der Waals surface area contributed by atoms with Crippen LogP contribution in [-0.4, -0.2) is 40.9 Å². The van der Waals surface area contributed by atoms with Crippen LogP contribution in [0.2, 0.25) is 0 Å². The summed E-state index contributed by atoms with van der Waals surface area (Å²) < 4.78 is 11.1. The van der Waals surface area contributed by atoms with Gasteiger partial charge in [0.25, 0.3) is 0 Å². The highest BCUT2D eigenvalue weighted by atomic mass is 16.5. The van der Waals surface area contributed by atoms with Gasteiger partial charge in [0.05, 0.1) is 19.9 Å². The molecule has 1 aliphatic heterocycles. The summed E-state index contributed by atoms with van der Waals surface area (Å²) in [7, 11) is 5.43.